The number of hydrogen-bond acceptors (Lipinski definition) is 6. The Balaban J connectivity index is 2.06. The summed E-state index contributed by atoms with van der Waals surface area (Å²) in [4.78, 5) is 36.1. The van der Waals surface area contributed by atoms with Crippen LogP contribution in [0.25, 0.3) is 11.2 Å². The molecule has 0 radical (unpaired) electrons. The van der Waals surface area contributed by atoms with E-state index >= 15 is 0 Å². The maximum absolute atomic E-state index is 11.7. The predicted molar refractivity (Wildman–Crippen MR) is 96.3 cm³/mol. The number of allylic oxidation sites excluding steroid dienone is 1. The molecule has 9 heteroatoms. The van der Waals surface area contributed by atoms with Gasteiger partial charge < -0.3 is 15.0 Å². The van der Waals surface area contributed by atoms with Crippen molar-refractivity contribution in [2.45, 2.75) is 12.5 Å². The van der Waals surface area contributed by atoms with Crippen LogP contribution >= 0.6 is 0 Å². The first-order chi connectivity index (χ1) is 12.5. The quantitative estimate of drug-likeness (QED) is 0.529. The highest BCUT2D eigenvalue weighted by Crippen LogP contribution is 2.31. The summed E-state index contributed by atoms with van der Waals surface area (Å²) in [6, 6.07) is -0.0436. The number of fused-ring (bicyclic) bond motifs is 1. The second-order valence-electron chi connectivity index (χ2n) is 5.74. The van der Waals surface area contributed by atoms with Crippen LogP contribution in [0.3, 0.4) is 0 Å². The van der Waals surface area contributed by atoms with Crippen molar-refractivity contribution < 1.29 is 14.7 Å². The highest BCUT2D eigenvalue weighted by atomic mass is 16.3. The molecule has 2 heterocycles. The Morgan fingerprint density at radius 2 is 1.96 bits per heavy atom. The van der Waals surface area contributed by atoms with Crippen molar-refractivity contribution in [1.82, 2.24) is 19.5 Å². The van der Waals surface area contributed by atoms with E-state index in [-0.39, 0.29) is 30.3 Å². The monoisotopic (exact) mass is 354 g/mol. The molecular weight excluding hydrogens is 336 g/mol. The number of rotatable bonds is 6. The fourth-order valence-corrected chi connectivity index (χ4v) is 2.73. The number of aliphatic hydroxyl groups excluding tert-OH is 1. The Hall–Kier alpha value is -3.33. The zero-order chi connectivity index (χ0) is 18.7. The smallest absolute Gasteiger partial charge is 0.250 e. The number of nitrogens with zero attached hydrogens (tertiary/aromatic N) is 4. The van der Waals surface area contributed by atoms with Crippen LogP contribution in [0.4, 0.5) is 11.8 Å². The van der Waals surface area contributed by atoms with Crippen molar-refractivity contribution in [3.05, 3.63) is 43.8 Å². The fraction of sp³-hybridized carbons (Fsp3) is 0.235. The molecule has 2 aromatic rings. The zero-order valence-corrected chi connectivity index (χ0v) is 13.9. The van der Waals surface area contributed by atoms with Crippen molar-refractivity contribution in [1.29, 1.82) is 0 Å². The first-order valence-corrected chi connectivity index (χ1v) is 7.96. The molecule has 134 valence electrons. The van der Waals surface area contributed by atoms with Gasteiger partial charge in [0.25, 0.3) is 0 Å². The number of hydrogen-bond donors (Lipinski definition) is 3. The van der Waals surface area contributed by atoms with Gasteiger partial charge in [0.2, 0.25) is 17.8 Å². The molecular formula is C17H18N6O3. The second-order valence-corrected chi connectivity index (χ2v) is 5.74. The number of carbonyl (C=O) groups excluding carboxylic acids is 2. The lowest BCUT2D eigenvalue weighted by Gasteiger charge is -2.13. The van der Waals surface area contributed by atoms with Gasteiger partial charge in [-0.3, -0.25) is 14.9 Å². The van der Waals surface area contributed by atoms with Gasteiger partial charge in [-0.05, 0) is 18.6 Å². The van der Waals surface area contributed by atoms with Crippen LogP contribution in [0.5, 0.6) is 0 Å². The van der Waals surface area contributed by atoms with Crippen molar-refractivity contribution in [2.75, 3.05) is 17.2 Å². The predicted octanol–water partition coefficient (Wildman–Crippen LogP) is 1.18. The van der Waals surface area contributed by atoms with E-state index in [1.54, 1.807) is 6.33 Å². The highest BCUT2D eigenvalue weighted by molar-refractivity contribution is 6.03. The standard InChI is InChI=1S/C17H18N6O3/c1-3-12(25)19-15-14-16(22-17(21-15)20-13(26)4-2)23(9-18-14)11-6-5-10(7-11)8-24/h3-6,9-11,24H,1-2,7-8H2,(H2,19,20,21,22,25,26). The number of amides is 2. The number of imidazole rings is 1. The van der Waals surface area contributed by atoms with Gasteiger partial charge in [0.15, 0.2) is 17.0 Å². The van der Waals surface area contributed by atoms with E-state index in [2.05, 4.69) is 38.7 Å². The minimum atomic E-state index is -0.475. The number of aliphatic hydroxyl groups is 1. The average Bonchev–Trinajstić information content (AvgIpc) is 3.27. The van der Waals surface area contributed by atoms with Crippen LogP contribution in [0.1, 0.15) is 12.5 Å². The van der Waals surface area contributed by atoms with E-state index in [0.717, 1.165) is 12.2 Å². The van der Waals surface area contributed by atoms with Gasteiger partial charge in [-0.15, -0.1) is 0 Å². The summed E-state index contributed by atoms with van der Waals surface area (Å²) in [6.07, 6.45) is 8.41. The summed E-state index contributed by atoms with van der Waals surface area (Å²) in [7, 11) is 0. The highest BCUT2D eigenvalue weighted by Gasteiger charge is 2.23. The Morgan fingerprint density at radius 1 is 1.23 bits per heavy atom. The van der Waals surface area contributed by atoms with Gasteiger partial charge in [0.05, 0.1) is 12.4 Å². The van der Waals surface area contributed by atoms with Crippen LogP contribution in [-0.4, -0.2) is 43.0 Å². The van der Waals surface area contributed by atoms with Crippen molar-refractivity contribution in [2.24, 2.45) is 5.92 Å². The first-order valence-electron chi connectivity index (χ1n) is 7.96. The minimum absolute atomic E-state index is 0.0178. The van der Waals surface area contributed by atoms with E-state index < -0.39 is 11.8 Å². The third-order valence-electron chi connectivity index (χ3n) is 4.01. The van der Waals surface area contributed by atoms with Gasteiger partial charge in [0, 0.05) is 12.5 Å². The van der Waals surface area contributed by atoms with E-state index in [0.29, 0.717) is 17.6 Å². The lowest BCUT2D eigenvalue weighted by Crippen LogP contribution is -2.15. The van der Waals surface area contributed by atoms with Crippen LogP contribution in [-0.2, 0) is 9.59 Å². The molecule has 2 atom stereocenters. The van der Waals surface area contributed by atoms with E-state index in [9.17, 15) is 14.7 Å². The van der Waals surface area contributed by atoms with Gasteiger partial charge in [-0.25, -0.2) is 4.98 Å². The maximum Gasteiger partial charge on any atom is 0.250 e. The lowest BCUT2D eigenvalue weighted by molar-refractivity contribution is -0.112. The van der Waals surface area contributed by atoms with Crippen molar-refractivity contribution in [3.63, 3.8) is 0 Å². The molecule has 2 amide bonds. The van der Waals surface area contributed by atoms with Crippen LogP contribution < -0.4 is 10.6 Å². The van der Waals surface area contributed by atoms with E-state index in [1.807, 2.05) is 16.7 Å². The molecule has 0 aliphatic heterocycles. The molecule has 0 fully saturated rings. The molecule has 1 aliphatic rings. The van der Waals surface area contributed by atoms with Crippen LogP contribution in [0, 0.1) is 5.92 Å². The largest absolute Gasteiger partial charge is 0.396 e. The summed E-state index contributed by atoms with van der Waals surface area (Å²) in [6.45, 7) is 6.87. The molecule has 2 aromatic heterocycles. The normalized spacial score (nSPS) is 18.7. The molecule has 0 spiro atoms. The van der Waals surface area contributed by atoms with Crippen LogP contribution in [0.15, 0.2) is 43.8 Å². The Bertz CT molecular complexity index is 917. The molecule has 2 unspecified atom stereocenters. The molecule has 0 bridgehead atoms. The Kier molecular flexibility index (Phi) is 4.90. The summed E-state index contributed by atoms with van der Waals surface area (Å²) < 4.78 is 1.82. The Labute approximate surface area is 149 Å². The maximum atomic E-state index is 11.7. The topological polar surface area (TPSA) is 122 Å². The number of nitrogens with one attached hydrogen (secondary N) is 2. The number of aromatic nitrogens is 4. The molecule has 9 nitrogen and oxygen atoms in total. The molecule has 0 saturated carbocycles. The summed E-state index contributed by atoms with van der Waals surface area (Å²) in [5.41, 5.74) is 0.838. The van der Waals surface area contributed by atoms with Crippen LogP contribution in [0.2, 0.25) is 0 Å². The third-order valence-corrected chi connectivity index (χ3v) is 4.01. The zero-order valence-electron chi connectivity index (χ0n) is 13.9. The molecule has 3 rings (SSSR count). The number of anilines is 2. The van der Waals surface area contributed by atoms with Gasteiger partial charge >= 0.3 is 0 Å². The molecule has 0 aromatic carbocycles. The van der Waals surface area contributed by atoms with E-state index in [1.165, 1.54) is 0 Å². The third kappa shape index (κ3) is 3.38. The molecule has 0 saturated heterocycles. The van der Waals surface area contributed by atoms with Gasteiger partial charge in [-0.2, -0.15) is 9.97 Å². The second kappa shape index (κ2) is 7.28. The molecule has 26 heavy (non-hydrogen) atoms. The SMILES string of the molecule is C=CC(=O)Nc1nc(NC(=O)C=C)c2ncn(C3C=CC(CO)C3)c2n1. The average molecular weight is 354 g/mol. The summed E-state index contributed by atoms with van der Waals surface area (Å²) >= 11 is 0. The lowest BCUT2D eigenvalue weighted by atomic mass is 10.1. The Morgan fingerprint density at radius 3 is 2.62 bits per heavy atom. The summed E-state index contributed by atoms with van der Waals surface area (Å²) in [5, 5.41) is 14.4. The van der Waals surface area contributed by atoms with Gasteiger partial charge in [-0.1, -0.05) is 25.3 Å². The molecule has 3 N–H and O–H groups in total. The number of carbonyl (C=O) groups is 2. The van der Waals surface area contributed by atoms with Crippen molar-refractivity contribution in [3.8, 4) is 0 Å². The van der Waals surface area contributed by atoms with Gasteiger partial charge in [0.1, 0.15) is 0 Å². The first kappa shape index (κ1) is 17.5. The fourth-order valence-electron chi connectivity index (χ4n) is 2.73. The van der Waals surface area contributed by atoms with E-state index in [4.69, 9.17) is 0 Å². The van der Waals surface area contributed by atoms with Crippen molar-refractivity contribution >= 4 is 34.7 Å². The minimum Gasteiger partial charge on any atom is -0.396 e. The summed E-state index contributed by atoms with van der Waals surface area (Å²) in [5.74, 6) is -0.679. The molecule has 1 aliphatic carbocycles.